The second-order valence-electron chi connectivity index (χ2n) is 4.59. The smallest absolute Gasteiger partial charge is 0.0885 e. The molecule has 1 aromatic rings. The summed E-state index contributed by atoms with van der Waals surface area (Å²) in [6, 6.07) is 2.07. The quantitative estimate of drug-likeness (QED) is 0.797. The molecule has 4 heteroatoms. The average Bonchev–Trinajstić information content (AvgIpc) is 2.45. The first-order valence-corrected chi connectivity index (χ1v) is 5.31. The van der Waals surface area contributed by atoms with E-state index in [0.717, 1.165) is 17.8 Å². The summed E-state index contributed by atoms with van der Waals surface area (Å²) in [5, 5.41) is 4.35. The molecule has 0 bridgehead atoms. The summed E-state index contributed by atoms with van der Waals surface area (Å²) in [7, 11) is 1.94. The monoisotopic (exact) mass is 211 g/mol. The lowest BCUT2D eigenvalue weighted by atomic mass is 10.1. The maximum atomic E-state index is 5.82. The fourth-order valence-electron chi connectivity index (χ4n) is 1.30. The van der Waals surface area contributed by atoms with Gasteiger partial charge in [0.05, 0.1) is 24.6 Å². The zero-order valence-corrected chi connectivity index (χ0v) is 10.1. The van der Waals surface area contributed by atoms with Crippen molar-refractivity contribution >= 4 is 0 Å². The van der Waals surface area contributed by atoms with Crippen molar-refractivity contribution in [1.29, 1.82) is 0 Å². The number of hydrogen-bond acceptors (Lipinski definition) is 3. The lowest BCUT2D eigenvalue weighted by Crippen LogP contribution is -2.37. The van der Waals surface area contributed by atoms with Crippen LogP contribution in [0.1, 0.15) is 32.2 Å². The fourth-order valence-corrected chi connectivity index (χ4v) is 1.30. The van der Waals surface area contributed by atoms with Gasteiger partial charge in [0.2, 0.25) is 0 Å². The lowest BCUT2D eigenvalue weighted by Gasteiger charge is -2.18. The Morgan fingerprint density at radius 3 is 2.67 bits per heavy atom. The minimum atomic E-state index is -0.272. The van der Waals surface area contributed by atoms with Gasteiger partial charge in [-0.2, -0.15) is 5.10 Å². The highest BCUT2D eigenvalue weighted by molar-refractivity contribution is 5.09. The number of hydrogen-bond donors (Lipinski definition) is 1. The van der Waals surface area contributed by atoms with Crippen molar-refractivity contribution < 1.29 is 4.74 Å². The van der Waals surface area contributed by atoms with Gasteiger partial charge in [0.15, 0.2) is 0 Å². The number of nitrogens with zero attached hydrogens (tertiary/aromatic N) is 2. The van der Waals surface area contributed by atoms with Crippen LogP contribution in [0.25, 0.3) is 0 Å². The molecule has 2 N–H and O–H groups in total. The predicted molar refractivity (Wildman–Crippen MR) is 60.5 cm³/mol. The minimum absolute atomic E-state index is 0.272. The van der Waals surface area contributed by atoms with Crippen molar-refractivity contribution in [3.8, 4) is 0 Å². The largest absolute Gasteiger partial charge is 0.373 e. The maximum absolute atomic E-state index is 5.82. The molecular weight excluding hydrogens is 190 g/mol. The van der Waals surface area contributed by atoms with E-state index in [1.54, 1.807) is 0 Å². The molecule has 0 amide bonds. The van der Waals surface area contributed by atoms with E-state index in [4.69, 9.17) is 10.5 Å². The summed E-state index contributed by atoms with van der Waals surface area (Å²) in [5.74, 6) is 0. The van der Waals surface area contributed by atoms with Crippen LogP contribution in [0.4, 0.5) is 0 Å². The first-order valence-electron chi connectivity index (χ1n) is 5.31. The van der Waals surface area contributed by atoms with Crippen LogP contribution < -0.4 is 5.73 Å². The predicted octanol–water partition coefficient (Wildman–Crippen LogP) is 1.24. The number of aryl methyl sites for hydroxylation is 2. The molecule has 0 saturated carbocycles. The Kier molecular flexibility index (Phi) is 3.88. The third-order valence-electron chi connectivity index (χ3n) is 2.11. The molecule has 0 aliphatic heterocycles. The zero-order chi connectivity index (χ0) is 11.5. The first-order chi connectivity index (χ1) is 6.92. The van der Waals surface area contributed by atoms with Gasteiger partial charge in [0.25, 0.3) is 0 Å². The summed E-state index contributed by atoms with van der Waals surface area (Å²) < 4.78 is 7.40. The molecule has 0 aliphatic carbocycles. The fraction of sp³-hybridized carbons (Fsp3) is 0.727. The van der Waals surface area contributed by atoms with Gasteiger partial charge in [-0.15, -0.1) is 0 Å². The molecule has 0 aliphatic rings. The highest BCUT2D eigenvalue weighted by Crippen LogP contribution is 2.07. The van der Waals surface area contributed by atoms with Gasteiger partial charge in [-0.05, 0) is 26.3 Å². The molecule has 0 spiro atoms. The summed E-state index contributed by atoms with van der Waals surface area (Å²) in [6.45, 7) is 7.13. The molecule has 1 heterocycles. The van der Waals surface area contributed by atoms with Gasteiger partial charge in [0, 0.05) is 12.6 Å². The van der Waals surface area contributed by atoms with E-state index in [-0.39, 0.29) is 5.54 Å². The minimum Gasteiger partial charge on any atom is -0.373 e. The van der Waals surface area contributed by atoms with Crippen LogP contribution in [0.15, 0.2) is 6.07 Å². The number of ether oxygens (including phenoxy) is 1. The van der Waals surface area contributed by atoms with E-state index >= 15 is 0 Å². The van der Waals surface area contributed by atoms with Crippen molar-refractivity contribution in [2.45, 2.75) is 39.3 Å². The molecule has 0 radical (unpaired) electrons. The number of nitrogens with two attached hydrogens (primary N) is 1. The van der Waals surface area contributed by atoms with Crippen molar-refractivity contribution in [2.75, 3.05) is 6.61 Å². The van der Waals surface area contributed by atoms with Crippen molar-refractivity contribution in [3.63, 3.8) is 0 Å². The van der Waals surface area contributed by atoms with E-state index in [2.05, 4.69) is 18.1 Å². The van der Waals surface area contributed by atoms with E-state index in [9.17, 15) is 0 Å². The van der Waals surface area contributed by atoms with Crippen LogP contribution in [-0.2, 0) is 24.8 Å². The second-order valence-corrected chi connectivity index (χ2v) is 4.59. The van der Waals surface area contributed by atoms with Crippen LogP contribution in [0.5, 0.6) is 0 Å². The molecule has 0 saturated heterocycles. The molecule has 86 valence electrons. The van der Waals surface area contributed by atoms with E-state index in [1.807, 2.05) is 25.6 Å². The third kappa shape index (κ3) is 4.01. The van der Waals surface area contributed by atoms with Crippen LogP contribution in [0.3, 0.4) is 0 Å². The number of rotatable bonds is 5. The molecule has 0 aromatic carbocycles. The third-order valence-corrected chi connectivity index (χ3v) is 2.11. The van der Waals surface area contributed by atoms with Gasteiger partial charge >= 0.3 is 0 Å². The molecule has 15 heavy (non-hydrogen) atoms. The molecule has 1 aromatic heterocycles. The normalized spacial score (nSPS) is 12.1. The Bertz CT molecular complexity index is 312. The Labute approximate surface area is 91.4 Å². The van der Waals surface area contributed by atoms with Crippen LogP contribution in [0, 0.1) is 0 Å². The van der Waals surface area contributed by atoms with E-state index in [0.29, 0.717) is 13.2 Å². The van der Waals surface area contributed by atoms with Crippen LogP contribution in [-0.4, -0.2) is 21.9 Å². The average molecular weight is 211 g/mol. The number of aromatic nitrogens is 2. The molecule has 0 fully saturated rings. The summed E-state index contributed by atoms with van der Waals surface area (Å²) >= 11 is 0. The summed E-state index contributed by atoms with van der Waals surface area (Å²) in [4.78, 5) is 0. The molecule has 1 rings (SSSR count). The van der Waals surface area contributed by atoms with Crippen LogP contribution >= 0.6 is 0 Å². The Morgan fingerprint density at radius 1 is 1.53 bits per heavy atom. The molecule has 0 unspecified atom stereocenters. The molecule has 4 nitrogen and oxygen atoms in total. The second kappa shape index (κ2) is 4.77. The maximum Gasteiger partial charge on any atom is 0.0885 e. The van der Waals surface area contributed by atoms with Crippen molar-refractivity contribution in [3.05, 3.63) is 17.5 Å². The van der Waals surface area contributed by atoms with E-state index < -0.39 is 0 Å². The van der Waals surface area contributed by atoms with Crippen molar-refractivity contribution in [2.24, 2.45) is 12.8 Å². The highest BCUT2D eigenvalue weighted by Gasteiger charge is 2.11. The molecular formula is C11H21N3O. The molecule has 0 atom stereocenters. The van der Waals surface area contributed by atoms with E-state index in [1.165, 1.54) is 0 Å². The lowest BCUT2D eigenvalue weighted by molar-refractivity contribution is 0.0810. The SMILES string of the molecule is CCc1cc(COCC(C)(C)N)n(C)n1. The standard InChI is InChI=1S/C11H21N3O/c1-5-9-6-10(14(4)13-9)7-15-8-11(2,3)12/h6H,5,7-8,12H2,1-4H3. The zero-order valence-electron chi connectivity index (χ0n) is 10.1. The van der Waals surface area contributed by atoms with Crippen LogP contribution in [0.2, 0.25) is 0 Å². The van der Waals surface area contributed by atoms with Crippen molar-refractivity contribution in [1.82, 2.24) is 9.78 Å². The van der Waals surface area contributed by atoms with Gasteiger partial charge in [-0.3, -0.25) is 4.68 Å². The van der Waals surface area contributed by atoms with Gasteiger partial charge in [-0.1, -0.05) is 6.92 Å². The summed E-state index contributed by atoms with van der Waals surface area (Å²) in [6.07, 6.45) is 0.955. The summed E-state index contributed by atoms with van der Waals surface area (Å²) in [5.41, 5.74) is 7.74. The first kappa shape index (κ1) is 12.2. The Morgan fingerprint density at radius 2 is 2.20 bits per heavy atom. The Balaban J connectivity index is 2.47. The Hall–Kier alpha value is -0.870. The van der Waals surface area contributed by atoms with Gasteiger partial charge in [0.1, 0.15) is 0 Å². The highest BCUT2D eigenvalue weighted by atomic mass is 16.5. The van der Waals surface area contributed by atoms with Gasteiger partial charge < -0.3 is 10.5 Å². The topological polar surface area (TPSA) is 53.1 Å². The van der Waals surface area contributed by atoms with Gasteiger partial charge in [-0.25, -0.2) is 0 Å².